The molecule has 1 aromatic rings. The number of rotatable bonds is 1. The van der Waals surface area contributed by atoms with Gasteiger partial charge in [-0.05, 0) is 22.4 Å². The van der Waals surface area contributed by atoms with Gasteiger partial charge in [-0.15, -0.1) is 0 Å². The Labute approximate surface area is 98.5 Å². The molecule has 0 saturated heterocycles. The van der Waals surface area contributed by atoms with Crippen molar-refractivity contribution in [1.82, 2.24) is 0 Å². The number of hydrogen-bond donors (Lipinski definition) is 0. The predicted molar refractivity (Wildman–Crippen MR) is 63.8 cm³/mol. The summed E-state index contributed by atoms with van der Waals surface area (Å²) < 4.78 is 46.8. The third kappa shape index (κ3) is 2.36. The Bertz CT molecular complexity index is 593. The van der Waals surface area contributed by atoms with Crippen molar-refractivity contribution in [1.29, 1.82) is 0 Å². The topological polar surface area (TPSA) is 68.3 Å². The van der Waals surface area contributed by atoms with E-state index in [1.165, 1.54) is 17.4 Å². The van der Waals surface area contributed by atoms with Crippen molar-refractivity contribution in [3.05, 3.63) is 33.9 Å². The van der Waals surface area contributed by atoms with Gasteiger partial charge in [0, 0.05) is 5.41 Å². The number of hydrogen-bond acceptors (Lipinski definition) is 5. The summed E-state index contributed by atoms with van der Waals surface area (Å²) in [6, 6.07) is 1.66. The van der Waals surface area contributed by atoms with Crippen LogP contribution in [0.5, 0.6) is 0 Å². The molecule has 0 bridgehead atoms. The highest BCUT2D eigenvalue weighted by Gasteiger charge is 2.32. The van der Waals surface area contributed by atoms with Crippen molar-refractivity contribution in [2.75, 3.05) is 11.5 Å². The standard InChI is InChI=1S/C9H10O4S3/c10-15(11)4-1-5-16(12,13)9(7-15)8-2-3-14-6-8/h1-4,6,9H,5,7H2. The first-order chi connectivity index (χ1) is 7.41. The van der Waals surface area contributed by atoms with Crippen molar-refractivity contribution in [2.45, 2.75) is 5.25 Å². The molecule has 16 heavy (non-hydrogen) atoms. The Balaban J connectivity index is 2.50. The molecule has 0 N–H and O–H groups in total. The molecule has 7 heteroatoms. The molecule has 0 spiro atoms. The summed E-state index contributed by atoms with van der Waals surface area (Å²) in [4.78, 5) is 0. The van der Waals surface area contributed by atoms with Crippen LogP contribution in [0.25, 0.3) is 0 Å². The molecule has 4 nitrogen and oxygen atoms in total. The van der Waals surface area contributed by atoms with Crippen LogP contribution in [0.3, 0.4) is 0 Å². The lowest BCUT2D eigenvalue weighted by Gasteiger charge is -2.12. The van der Waals surface area contributed by atoms with Gasteiger partial charge in [-0.2, -0.15) is 11.3 Å². The van der Waals surface area contributed by atoms with Gasteiger partial charge in [0.1, 0.15) is 5.25 Å². The van der Waals surface area contributed by atoms with E-state index in [9.17, 15) is 16.8 Å². The maximum absolute atomic E-state index is 11.9. The van der Waals surface area contributed by atoms with Gasteiger partial charge in [-0.25, -0.2) is 16.8 Å². The summed E-state index contributed by atoms with van der Waals surface area (Å²) in [6.45, 7) is 0. The summed E-state index contributed by atoms with van der Waals surface area (Å²) in [5.74, 6) is -0.574. The van der Waals surface area contributed by atoms with Crippen LogP contribution in [0, 0.1) is 0 Å². The number of sulfone groups is 2. The molecule has 2 heterocycles. The fraction of sp³-hybridized carbons (Fsp3) is 0.333. The highest BCUT2D eigenvalue weighted by atomic mass is 32.2. The summed E-state index contributed by atoms with van der Waals surface area (Å²) in [7, 11) is -6.83. The van der Waals surface area contributed by atoms with Gasteiger partial charge in [0.05, 0.1) is 11.5 Å². The largest absolute Gasteiger partial charge is 0.228 e. The maximum atomic E-state index is 11.9. The van der Waals surface area contributed by atoms with Crippen LogP contribution in [-0.2, 0) is 19.7 Å². The first-order valence-corrected chi connectivity index (χ1v) is 8.91. The fourth-order valence-corrected chi connectivity index (χ4v) is 6.16. The lowest BCUT2D eigenvalue weighted by atomic mass is 10.3. The Kier molecular flexibility index (Phi) is 2.93. The lowest BCUT2D eigenvalue weighted by molar-refractivity contribution is 0.583. The van der Waals surface area contributed by atoms with Crippen LogP contribution in [-0.4, -0.2) is 28.3 Å². The molecule has 0 amide bonds. The van der Waals surface area contributed by atoms with Gasteiger partial charge in [0.15, 0.2) is 19.7 Å². The van der Waals surface area contributed by atoms with Crippen LogP contribution in [0.4, 0.5) is 0 Å². The molecule has 0 aliphatic carbocycles. The molecule has 88 valence electrons. The molecule has 1 atom stereocenters. The second kappa shape index (κ2) is 3.97. The molecular weight excluding hydrogens is 268 g/mol. The zero-order chi connectivity index (χ0) is 11.8. The minimum Gasteiger partial charge on any atom is -0.228 e. The molecule has 1 unspecified atom stereocenters. The summed E-state index contributed by atoms with van der Waals surface area (Å²) in [5, 5.41) is 3.49. The van der Waals surface area contributed by atoms with Gasteiger partial charge in [-0.3, -0.25) is 0 Å². The third-order valence-electron chi connectivity index (χ3n) is 2.36. The molecule has 0 radical (unpaired) electrons. The average molecular weight is 278 g/mol. The zero-order valence-electron chi connectivity index (χ0n) is 8.24. The molecular formula is C9H10O4S3. The van der Waals surface area contributed by atoms with Crippen molar-refractivity contribution in [3.8, 4) is 0 Å². The van der Waals surface area contributed by atoms with Crippen LogP contribution < -0.4 is 0 Å². The second-order valence-electron chi connectivity index (χ2n) is 3.58. The van der Waals surface area contributed by atoms with Gasteiger partial charge in [0.2, 0.25) is 0 Å². The van der Waals surface area contributed by atoms with E-state index in [1.807, 2.05) is 0 Å². The van der Waals surface area contributed by atoms with Crippen molar-refractivity contribution >= 4 is 31.0 Å². The molecule has 0 aromatic carbocycles. The third-order valence-corrected chi connectivity index (χ3v) is 6.64. The first kappa shape index (κ1) is 11.8. The fourth-order valence-electron chi connectivity index (χ4n) is 1.57. The van der Waals surface area contributed by atoms with E-state index in [0.717, 1.165) is 5.41 Å². The number of thiophene rings is 1. The van der Waals surface area contributed by atoms with Crippen LogP contribution in [0.1, 0.15) is 10.8 Å². The maximum Gasteiger partial charge on any atom is 0.172 e. The Morgan fingerprint density at radius 1 is 1.25 bits per heavy atom. The van der Waals surface area contributed by atoms with E-state index in [2.05, 4.69) is 0 Å². The predicted octanol–water partition coefficient (Wildman–Crippen LogP) is 1.15. The minimum absolute atomic E-state index is 0.216. The SMILES string of the molecule is O=S1(=O)C=CCS(=O)(=O)C(c2ccsc2)C1. The summed E-state index contributed by atoms with van der Waals surface area (Å²) >= 11 is 1.36. The van der Waals surface area contributed by atoms with Crippen LogP contribution in [0.15, 0.2) is 28.3 Å². The van der Waals surface area contributed by atoms with E-state index < -0.39 is 24.9 Å². The molecule has 0 fully saturated rings. The summed E-state index contributed by atoms with van der Waals surface area (Å²) in [5.41, 5.74) is 0.567. The quantitative estimate of drug-likeness (QED) is 0.772. The first-order valence-electron chi connectivity index (χ1n) is 4.54. The van der Waals surface area contributed by atoms with Crippen LogP contribution >= 0.6 is 11.3 Å². The highest BCUT2D eigenvalue weighted by molar-refractivity contribution is 7.97. The smallest absolute Gasteiger partial charge is 0.172 e. The van der Waals surface area contributed by atoms with E-state index >= 15 is 0 Å². The minimum atomic E-state index is -3.42. The van der Waals surface area contributed by atoms with Gasteiger partial charge < -0.3 is 0 Å². The average Bonchev–Trinajstić information content (AvgIpc) is 2.62. The molecule has 2 rings (SSSR count). The Morgan fingerprint density at radius 3 is 2.62 bits per heavy atom. The second-order valence-corrected chi connectivity index (χ2v) is 8.52. The molecule has 1 aliphatic rings. The van der Waals surface area contributed by atoms with Crippen molar-refractivity contribution in [3.63, 3.8) is 0 Å². The summed E-state index contributed by atoms with van der Waals surface area (Å²) in [6.07, 6.45) is 1.21. The Morgan fingerprint density at radius 2 is 2.00 bits per heavy atom. The zero-order valence-corrected chi connectivity index (χ0v) is 10.7. The van der Waals surface area contributed by atoms with Crippen molar-refractivity contribution < 1.29 is 16.8 Å². The normalized spacial score (nSPS) is 27.4. The van der Waals surface area contributed by atoms with Crippen LogP contribution in [0.2, 0.25) is 0 Å². The highest BCUT2D eigenvalue weighted by Crippen LogP contribution is 2.29. The van der Waals surface area contributed by atoms with E-state index in [1.54, 1.807) is 16.8 Å². The monoisotopic (exact) mass is 278 g/mol. The lowest BCUT2D eigenvalue weighted by Crippen LogP contribution is -2.20. The van der Waals surface area contributed by atoms with E-state index in [0.29, 0.717) is 5.56 Å². The Hall–Kier alpha value is -0.660. The van der Waals surface area contributed by atoms with Gasteiger partial charge in [0.25, 0.3) is 0 Å². The molecule has 1 aromatic heterocycles. The van der Waals surface area contributed by atoms with E-state index in [4.69, 9.17) is 0 Å². The van der Waals surface area contributed by atoms with E-state index in [-0.39, 0.29) is 11.5 Å². The van der Waals surface area contributed by atoms with Gasteiger partial charge >= 0.3 is 0 Å². The molecule has 1 aliphatic heterocycles. The van der Waals surface area contributed by atoms with Crippen molar-refractivity contribution in [2.24, 2.45) is 0 Å². The molecule has 0 saturated carbocycles. The van der Waals surface area contributed by atoms with Gasteiger partial charge in [-0.1, -0.05) is 6.08 Å².